The molecule has 0 aliphatic carbocycles. The van der Waals surface area contributed by atoms with Crippen LogP contribution in [0.15, 0.2) is 69.0 Å². The third-order valence-electron chi connectivity index (χ3n) is 5.76. The Bertz CT molecular complexity index is 1160. The monoisotopic (exact) mass is 515 g/mol. The van der Waals surface area contributed by atoms with E-state index < -0.39 is 16.7 Å². The van der Waals surface area contributed by atoms with Crippen LogP contribution in [0.3, 0.4) is 0 Å². The van der Waals surface area contributed by atoms with Gasteiger partial charge in [0.1, 0.15) is 0 Å². The van der Waals surface area contributed by atoms with Crippen molar-refractivity contribution in [3.8, 4) is 0 Å². The molecule has 0 aromatic carbocycles. The van der Waals surface area contributed by atoms with Crippen molar-refractivity contribution in [2.24, 2.45) is 0 Å². The molecule has 3 aromatic heterocycles. The topological polar surface area (TPSA) is 166 Å². The second-order valence-corrected chi connectivity index (χ2v) is 8.37. The lowest BCUT2D eigenvalue weighted by Gasteiger charge is -2.23. The molecule has 0 radical (unpaired) electrons. The second kappa shape index (κ2) is 14.0. The van der Waals surface area contributed by atoms with E-state index in [2.05, 4.69) is 20.9 Å². The molecule has 0 spiro atoms. The van der Waals surface area contributed by atoms with Crippen LogP contribution in [-0.4, -0.2) is 74.0 Å². The van der Waals surface area contributed by atoms with Crippen LogP contribution >= 0.6 is 0 Å². The molecule has 13 heteroatoms. The quantitative estimate of drug-likeness (QED) is 0.108. The Morgan fingerprint density at radius 2 is 0.838 bits per heavy atom. The lowest BCUT2D eigenvalue weighted by atomic mass is 10.3. The summed E-state index contributed by atoms with van der Waals surface area (Å²) in [7, 11) is 0. The van der Waals surface area contributed by atoms with Gasteiger partial charge in [0.15, 0.2) is 0 Å². The van der Waals surface area contributed by atoms with E-state index in [1.54, 1.807) is 36.4 Å². The maximum atomic E-state index is 11.6. The Kier molecular flexibility index (Phi) is 10.5. The van der Waals surface area contributed by atoms with Crippen LogP contribution in [0.2, 0.25) is 0 Å². The van der Waals surface area contributed by atoms with Gasteiger partial charge in [0.2, 0.25) is 0 Å². The molecule has 3 aromatic rings. The van der Waals surface area contributed by atoms with Crippen molar-refractivity contribution in [2.45, 2.75) is 19.6 Å². The van der Waals surface area contributed by atoms with Gasteiger partial charge in [-0.3, -0.25) is 19.3 Å². The summed E-state index contributed by atoms with van der Waals surface area (Å²) in [6, 6.07) is 13.6. The predicted molar refractivity (Wildman–Crippen MR) is 135 cm³/mol. The summed E-state index contributed by atoms with van der Waals surface area (Å²) in [5.74, 6) is 0. The SMILES string of the molecule is O=c1cccc(CNCCN(CCNCc2cccc(=O)n2O)CCNCc2cccc(=O)n2O)n1O. The Labute approximate surface area is 212 Å². The lowest BCUT2D eigenvalue weighted by Crippen LogP contribution is -2.41. The maximum absolute atomic E-state index is 11.6. The first-order chi connectivity index (χ1) is 17.9. The molecule has 0 amide bonds. The first-order valence-corrected chi connectivity index (χ1v) is 11.9. The summed E-state index contributed by atoms with van der Waals surface area (Å²) in [6.45, 7) is 4.73. The fraction of sp³-hybridized carbons (Fsp3) is 0.375. The highest BCUT2D eigenvalue weighted by atomic mass is 16.5. The van der Waals surface area contributed by atoms with E-state index in [0.717, 1.165) is 0 Å². The molecule has 3 heterocycles. The zero-order valence-corrected chi connectivity index (χ0v) is 20.4. The van der Waals surface area contributed by atoms with Crippen molar-refractivity contribution in [2.75, 3.05) is 39.3 Å². The van der Waals surface area contributed by atoms with Gasteiger partial charge in [-0.15, -0.1) is 0 Å². The van der Waals surface area contributed by atoms with Gasteiger partial charge in [-0.2, -0.15) is 14.2 Å². The summed E-state index contributed by atoms with van der Waals surface area (Å²) >= 11 is 0. The Morgan fingerprint density at radius 1 is 0.541 bits per heavy atom. The highest BCUT2D eigenvalue weighted by Gasteiger charge is 2.08. The minimum absolute atomic E-state index is 0.320. The molecule has 0 saturated carbocycles. The maximum Gasteiger partial charge on any atom is 0.283 e. The summed E-state index contributed by atoms with van der Waals surface area (Å²) in [5.41, 5.74) is -0.0980. The summed E-state index contributed by atoms with van der Waals surface area (Å²) < 4.78 is 1.85. The number of nitrogens with one attached hydrogen (secondary N) is 3. The highest BCUT2D eigenvalue weighted by molar-refractivity contribution is 5.06. The summed E-state index contributed by atoms with van der Waals surface area (Å²) in [5, 5.41) is 39.1. The van der Waals surface area contributed by atoms with Crippen molar-refractivity contribution in [3.63, 3.8) is 0 Å². The van der Waals surface area contributed by atoms with Gasteiger partial charge in [0.05, 0.1) is 17.1 Å². The molecule has 0 aliphatic heterocycles. The van der Waals surface area contributed by atoms with Gasteiger partial charge in [-0.05, 0) is 18.2 Å². The Hall–Kier alpha value is -3.91. The number of hydrogen-bond acceptors (Lipinski definition) is 10. The molecule has 3 rings (SSSR count). The minimum atomic E-state index is -0.489. The highest BCUT2D eigenvalue weighted by Crippen LogP contribution is 1.96. The molecule has 0 atom stereocenters. The van der Waals surface area contributed by atoms with Crippen molar-refractivity contribution in [1.82, 2.24) is 35.0 Å². The number of hydrogen-bond donors (Lipinski definition) is 6. The van der Waals surface area contributed by atoms with Crippen LogP contribution in [0.5, 0.6) is 0 Å². The van der Waals surface area contributed by atoms with Crippen molar-refractivity contribution >= 4 is 0 Å². The predicted octanol–water partition coefficient (Wildman–Crippen LogP) is -1.15. The Morgan fingerprint density at radius 3 is 1.14 bits per heavy atom. The normalized spacial score (nSPS) is 11.3. The third-order valence-corrected chi connectivity index (χ3v) is 5.76. The molecule has 6 N–H and O–H groups in total. The van der Waals surface area contributed by atoms with E-state index in [-0.39, 0.29) is 0 Å². The number of pyridine rings is 3. The fourth-order valence-corrected chi connectivity index (χ4v) is 3.67. The van der Waals surface area contributed by atoms with E-state index in [4.69, 9.17) is 0 Å². The third kappa shape index (κ3) is 8.32. The zero-order valence-electron chi connectivity index (χ0n) is 20.4. The van der Waals surface area contributed by atoms with Crippen LogP contribution < -0.4 is 32.6 Å². The molecular weight excluding hydrogens is 482 g/mol. The van der Waals surface area contributed by atoms with Gasteiger partial charge < -0.3 is 31.6 Å². The van der Waals surface area contributed by atoms with Crippen LogP contribution in [0.1, 0.15) is 17.1 Å². The van der Waals surface area contributed by atoms with Gasteiger partial charge in [-0.1, -0.05) is 18.2 Å². The molecule has 37 heavy (non-hydrogen) atoms. The second-order valence-electron chi connectivity index (χ2n) is 8.37. The average molecular weight is 516 g/mol. The Balaban J connectivity index is 1.48. The molecule has 0 aliphatic rings. The van der Waals surface area contributed by atoms with Gasteiger partial charge in [0.25, 0.3) is 16.7 Å². The van der Waals surface area contributed by atoms with E-state index >= 15 is 0 Å². The van der Waals surface area contributed by atoms with Crippen molar-refractivity contribution in [3.05, 3.63) is 103 Å². The van der Waals surface area contributed by atoms with Crippen molar-refractivity contribution in [1.29, 1.82) is 0 Å². The molecule has 0 unspecified atom stereocenters. The first-order valence-electron chi connectivity index (χ1n) is 11.9. The smallest absolute Gasteiger partial charge is 0.283 e. The lowest BCUT2D eigenvalue weighted by molar-refractivity contribution is 0.162. The summed E-state index contributed by atoms with van der Waals surface area (Å²) in [4.78, 5) is 36.8. The molecule has 0 fully saturated rings. The minimum Gasteiger partial charge on any atom is -0.425 e. The van der Waals surface area contributed by atoms with E-state index in [1.165, 1.54) is 18.2 Å². The molecular formula is C24H33N7O6. The van der Waals surface area contributed by atoms with Crippen LogP contribution in [-0.2, 0) is 19.6 Å². The van der Waals surface area contributed by atoms with Gasteiger partial charge >= 0.3 is 0 Å². The molecule has 0 bridgehead atoms. The summed E-state index contributed by atoms with van der Waals surface area (Å²) in [6.07, 6.45) is 0. The number of aromatic nitrogens is 3. The van der Waals surface area contributed by atoms with E-state index in [1.807, 2.05) is 0 Å². The molecule has 200 valence electrons. The van der Waals surface area contributed by atoms with Crippen LogP contribution in [0, 0.1) is 0 Å². The van der Waals surface area contributed by atoms with E-state index in [0.29, 0.717) is 90.2 Å². The van der Waals surface area contributed by atoms with Crippen molar-refractivity contribution < 1.29 is 15.6 Å². The van der Waals surface area contributed by atoms with E-state index in [9.17, 15) is 30.0 Å². The van der Waals surface area contributed by atoms with Crippen LogP contribution in [0.4, 0.5) is 0 Å². The van der Waals surface area contributed by atoms with Gasteiger partial charge in [-0.25, -0.2) is 0 Å². The fourth-order valence-electron chi connectivity index (χ4n) is 3.67. The first kappa shape index (κ1) is 27.7. The van der Waals surface area contributed by atoms with Crippen LogP contribution in [0.25, 0.3) is 0 Å². The molecule has 0 saturated heterocycles. The average Bonchev–Trinajstić information content (AvgIpc) is 2.88. The molecule has 13 nitrogen and oxygen atoms in total. The zero-order chi connectivity index (χ0) is 26.6. The standard InChI is InChI=1S/C24H33N7O6/c32-22-7-1-4-19(29(22)35)16-25-10-13-28(14-11-26-17-20-5-2-8-23(33)30(20)36)15-12-27-18-21-6-3-9-24(34)31(21)37/h1-9,25-27,35-37H,10-18H2. The largest absolute Gasteiger partial charge is 0.425 e. The number of nitrogens with zero attached hydrogens (tertiary/aromatic N) is 4. The van der Waals surface area contributed by atoms with Gasteiger partial charge in [0, 0.05) is 77.1 Å². The number of rotatable bonds is 15.